The second kappa shape index (κ2) is 4.55. The molecular formula is C20H28O2. The van der Waals surface area contributed by atoms with Crippen LogP contribution in [0.4, 0.5) is 0 Å². The lowest BCUT2D eigenvalue weighted by Crippen LogP contribution is -2.54. The number of Topliss-reactive ketones (excluding diaryl/α,β-unsaturated/α-hetero) is 1. The average molecular weight is 300 g/mol. The van der Waals surface area contributed by atoms with Crippen LogP contribution in [0, 0.1) is 40.4 Å². The van der Waals surface area contributed by atoms with Crippen LogP contribution >= 0.6 is 0 Å². The normalized spacial score (nSPS) is 53.9. The molecule has 0 aromatic heterocycles. The number of carbonyl (C=O) groups excluding carboxylic acids is 2. The Hall–Kier alpha value is -0.920. The van der Waals surface area contributed by atoms with Crippen LogP contribution in [-0.2, 0) is 9.59 Å². The fourth-order valence-electron chi connectivity index (χ4n) is 6.87. The summed E-state index contributed by atoms with van der Waals surface area (Å²) in [4.78, 5) is 24.3. The van der Waals surface area contributed by atoms with Crippen molar-refractivity contribution in [2.75, 3.05) is 0 Å². The Kier molecular flexibility index (Phi) is 3.03. The van der Waals surface area contributed by atoms with Gasteiger partial charge in [0.15, 0.2) is 5.78 Å². The summed E-state index contributed by atoms with van der Waals surface area (Å²) < 4.78 is 0. The van der Waals surface area contributed by atoms with Gasteiger partial charge in [0.1, 0.15) is 5.78 Å². The molecule has 0 bridgehead atoms. The second-order valence-corrected chi connectivity index (χ2v) is 8.98. The summed E-state index contributed by atoms with van der Waals surface area (Å²) in [5, 5.41) is 0. The zero-order chi connectivity index (χ0) is 15.7. The van der Waals surface area contributed by atoms with Crippen LogP contribution in [0.1, 0.15) is 59.3 Å². The van der Waals surface area contributed by atoms with E-state index >= 15 is 0 Å². The van der Waals surface area contributed by atoms with Crippen LogP contribution in [0.3, 0.4) is 0 Å². The first-order valence-corrected chi connectivity index (χ1v) is 9.11. The van der Waals surface area contributed by atoms with Crippen LogP contribution < -0.4 is 0 Å². The number of ketones is 2. The number of rotatable bonds is 0. The molecule has 0 aromatic rings. The molecule has 0 radical (unpaired) electrons. The molecule has 3 fully saturated rings. The van der Waals surface area contributed by atoms with Crippen molar-refractivity contribution >= 4 is 11.6 Å². The third kappa shape index (κ3) is 1.73. The average Bonchev–Trinajstić information content (AvgIpc) is 2.77. The molecule has 3 saturated carbocycles. The van der Waals surface area contributed by atoms with Crippen molar-refractivity contribution in [2.45, 2.75) is 59.3 Å². The van der Waals surface area contributed by atoms with E-state index in [9.17, 15) is 9.59 Å². The first kappa shape index (κ1) is 14.7. The molecule has 7 atom stereocenters. The van der Waals surface area contributed by atoms with E-state index in [-0.39, 0.29) is 10.8 Å². The van der Waals surface area contributed by atoms with Crippen molar-refractivity contribution in [1.82, 2.24) is 0 Å². The van der Waals surface area contributed by atoms with E-state index < -0.39 is 0 Å². The van der Waals surface area contributed by atoms with Crippen molar-refractivity contribution in [3.05, 3.63) is 12.2 Å². The third-order valence-corrected chi connectivity index (χ3v) is 8.12. The number of allylic oxidation sites excluding steroid dienone is 2. The third-order valence-electron chi connectivity index (χ3n) is 8.12. The topological polar surface area (TPSA) is 34.1 Å². The zero-order valence-electron chi connectivity index (χ0n) is 14.1. The van der Waals surface area contributed by atoms with Gasteiger partial charge < -0.3 is 0 Å². The highest BCUT2D eigenvalue weighted by atomic mass is 16.1. The summed E-state index contributed by atoms with van der Waals surface area (Å²) in [7, 11) is 0. The summed E-state index contributed by atoms with van der Waals surface area (Å²) >= 11 is 0. The maximum atomic E-state index is 12.4. The zero-order valence-corrected chi connectivity index (χ0v) is 14.1. The highest BCUT2D eigenvalue weighted by Gasteiger charge is 2.60. The largest absolute Gasteiger partial charge is 0.299 e. The van der Waals surface area contributed by atoms with Gasteiger partial charge in [-0.15, -0.1) is 0 Å². The molecule has 0 saturated heterocycles. The maximum Gasteiger partial charge on any atom is 0.155 e. The Morgan fingerprint density at radius 3 is 2.64 bits per heavy atom. The van der Waals surface area contributed by atoms with E-state index in [4.69, 9.17) is 0 Å². The van der Waals surface area contributed by atoms with Crippen molar-refractivity contribution in [3.8, 4) is 0 Å². The summed E-state index contributed by atoms with van der Waals surface area (Å²) in [6.07, 6.45) is 10.2. The minimum Gasteiger partial charge on any atom is -0.299 e. The predicted molar refractivity (Wildman–Crippen MR) is 86.2 cm³/mol. The molecule has 4 aliphatic rings. The van der Waals surface area contributed by atoms with E-state index in [1.165, 1.54) is 12.8 Å². The predicted octanol–water partition coefficient (Wildman–Crippen LogP) is 4.19. The fourth-order valence-corrected chi connectivity index (χ4v) is 6.87. The second-order valence-electron chi connectivity index (χ2n) is 8.98. The van der Waals surface area contributed by atoms with Gasteiger partial charge in [-0.3, -0.25) is 9.59 Å². The van der Waals surface area contributed by atoms with E-state index in [1.807, 2.05) is 6.08 Å². The highest BCUT2D eigenvalue weighted by Crippen LogP contribution is 2.65. The molecule has 0 aliphatic heterocycles. The van der Waals surface area contributed by atoms with Crippen LogP contribution in [-0.4, -0.2) is 11.6 Å². The smallest absolute Gasteiger partial charge is 0.155 e. The molecule has 4 aliphatic carbocycles. The fraction of sp³-hybridized carbons (Fsp3) is 0.800. The van der Waals surface area contributed by atoms with E-state index in [0.717, 1.165) is 25.7 Å². The summed E-state index contributed by atoms with van der Waals surface area (Å²) in [5.41, 5.74) is 0.126. The quantitative estimate of drug-likeness (QED) is 0.672. The lowest BCUT2D eigenvalue weighted by molar-refractivity contribution is -0.138. The molecule has 2 nitrogen and oxygen atoms in total. The lowest BCUT2D eigenvalue weighted by Gasteiger charge is -2.59. The molecule has 22 heavy (non-hydrogen) atoms. The monoisotopic (exact) mass is 300 g/mol. The Labute approximate surface area is 133 Å². The Morgan fingerprint density at radius 2 is 1.86 bits per heavy atom. The molecule has 2 unspecified atom stereocenters. The molecule has 0 amide bonds. The molecule has 0 spiro atoms. The molecule has 4 rings (SSSR count). The SMILES string of the molecule is CC1C[C@@H]2[C@@H](CC[C@]3(C)C(=O)CC[C@@H]23)[C@@]2(C)C=CC(=O)CC12. The summed E-state index contributed by atoms with van der Waals surface area (Å²) in [6, 6.07) is 0. The lowest BCUT2D eigenvalue weighted by atomic mass is 9.44. The van der Waals surface area contributed by atoms with Crippen LogP contribution in [0.15, 0.2) is 12.2 Å². The standard InChI is InChI=1S/C20H28O2/c1-12-10-14-15-4-5-18(22)20(15,3)9-7-16(14)19(2)8-6-13(21)11-17(12)19/h6,8,12,14-17H,4-5,7,9-11H2,1-3H3/t12?,14-,15-,16+,17?,19+,20-/m0/s1. The Balaban J connectivity index is 1.73. The van der Waals surface area contributed by atoms with Crippen LogP contribution in [0.2, 0.25) is 0 Å². The van der Waals surface area contributed by atoms with Gasteiger partial charge in [0.05, 0.1) is 0 Å². The Morgan fingerprint density at radius 1 is 1.09 bits per heavy atom. The first-order valence-electron chi connectivity index (χ1n) is 9.11. The van der Waals surface area contributed by atoms with Crippen LogP contribution in [0.25, 0.3) is 0 Å². The van der Waals surface area contributed by atoms with Gasteiger partial charge in [-0.25, -0.2) is 0 Å². The minimum atomic E-state index is -0.0434. The molecule has 0 N–H and O–H groups in total. The Bertz CT molecular complexity index is 562. The van der Waals surface area contributed by atoms with Gasteiger partial charge >= 0.3 is 0 Å². The maximum absolute atomic E-state index is 12.4. The van der Waals surface area contributed by atoms with Crippen LogP contribution in [0.5, 0.6) is 0 Å². The minimum absolute atomic E-state index is 0.0434. The molecule has 120 valence electrons. The number of hydrogen-bond acceptors (Lipinski definition) is 2. The van der Waals surface area contributed by atoms with Crippen molar-refractivity contribution < 1.29 is 9.59 Å². The van der Waals surface area contributed by atoms with E-state index in [0.29, 0.717) is 41.2 Å². The van der Waals surface area contributed by atoms with Gasteiger partial charge in [-0.2, -0.15) is 0 Å². The summed E-state index contributed by atoms with van der Waals surface area (Å²) in [6.45, 7) is 6.98. The van der Waals surface area contributed by atoms with Gasteiger partial charge in [-0.1, -0.05) is 26.8 Å². The number of carbonyl (C=O) groups is 2. The molecular weight excluding hydrogens is 272 g/mol. The van der Waals surface area contributed by atoms with Crippen molar-refractivity contribution in [1.29, 1.82) is 0 Å². The number of hydrogen-bond donors (Lipinski definition) is 0. The first-order chi connectivity index (χ1) is 10.4. The van der Waals surface area contributed by atoms with E-state index in [2.05, 4.69) is 26.8 Å². The van der Waals surface area contributed by atoms with Gasteiger partial charge in [0, 0.05) is 18.3 Å². The molecule has 0 aromatic carbocycles. The summed E-state index contributed by atoms with van der Waals surface area (Å²) in [5.74, 6) is 3.87. The molecule has 0 heterocycles. The van der Waals surface area contributed by atoms with Crippen molar-refractivity contribution in [3.63, 3.8) is 0 Å². The van der Waals surface area contributed by atoms with Gasteiger partial charge in [-0.05, 0) is 66.8 Å². The number of fused-ring (bicyclic) bond motifs is 5. The molecule has 2 heteroatoms. The van der Waals surface area contributed by atoms with Gasteiger partial charge in [0.2, 0.25) is 0 Å². The van der Waals surface area contributed by atoms with Crippen molar-refractivity contribution in [2.24, 2.45) is 40.4 Å². The highest BCUT2D eigenvalue weighted by molar-refractivity contribution is 5.91. The van der Waals surface area contributed by atoms with Gasteiger partial charge in [0.25, 0.3) is 0 Å². The van der Waals surface area contributed by atoms with E-state index in [1.54, 1.807) is 0 Å².